The first-order chi connectivity index (χ1) is 12.1. The first kappa shape index (κ1) is 22.4. The Hall–Kier alpha value is -1.64. The Labute approximate surface area is 173 Å². The monoisotopic (exact) mass is 470 g/mol. The molecule has 2 aromatic rings. The molecule has 0 saturated carbocycles. The van der Waals surface area contributed by atoms with Crippen molar-refractivity contribution in [1.82, 2.24) is 25.4 Å². The minimum atomic E-state index is 0. The summed E-state index contributed by atoms with van der Waals surface area (Å²) in [5.41, 5.74) is 3.96. The van der Waals surface area contributed by atoms with E-state index in [0.717, 1.165) is 50.8 Å². The molecule has 0 bridgehead atoms. The van der Waals surface area contributed by atoms with Crippen LogP contribution >= 0.6 is 24.0 Å². The highest BCUT2D eigenvalue weighted by Gasteiger charge is 2.02. The van der Waals surface area contributed by atoms with E-state index in [4.69, 9.17) is 0 Å². The van der Waals surface area contributed by atoms with Crippen LogP contribution in [-0.4, -0.2) is 40.4 Å². The summed E-state index contributed by atoms with van der Waals surface area (Å²) in [6.07, 6.45) is 3.62. The Morgan fingerprint density at radius 1 is 1.12 bits per heavy atom. The maximum absolute atomic E-state index is 4.68. The number of benzene rings is 1. The van der Waals surface area contributed by atoms with Crippen LogP contribution in [-0.2, 0) is 19.4 Å². The molecule has 0 aliphatic carbocycles. The average molecular weight is 470 g/mol. The number of aromatic nitrogens is 3. The number of halogens is 1. The van der Waals surface area contributed by atoms with Crippen molar-refractivity contribution < 1.29 is 0 Å². The minimum Gasteiger partial charge on any atom is -0.357 e. The number of hydrogen-bond donors (Lipinski definition) is 2. The highest BCUT2D eigenvalue weighted by Crippen LogP contribution is 2.09. The van der Waals surface area contributed by atoms with Crippen molar-refractivity contribution in [1.29, 1.82) is 0 Å². The molecule has 2 N–H and O–H groups in total. The van der Waals surface area contributed by atoms with Crippen LogP contribution in [0.1, 0.15) is 36.4 Å². The third-order valence-electron chi connectivity index (χ3n) is 3.95. The van der Waals surface area contributed by atoms with Crippen LogP contribution in [0.4, 0.5) is 0 Å². The number of nitrogens with zero attached hydrogens (tertiary/aromatic N) is 4. The van der Waals surface area contributed by atoms with E-state index in [1.165, 1.54) is 16.7 Å². The molecule has 0 saturated heterocycles. The number of guanidine groups is 1. The molecule has 0 radical (unpaired) electrons. The highest BCUT2D eigenvalue weighted by atomic mass is 127. The quantitative estimate of drug-likeness (QED) is 0.354. The van der Waals surface area contributed by atoms with E-state index in [-0.39, 0.29) is 24.0 Å². The van der Waals surface area contributed by atoms with Gasteiger partial charge in [0, 0.05) is 32.6 Å². The molecule has 0 amide bonds. The predicted molar refractivity (Wildman–Crippen MR) is 118 cm³/mol. The fraction of sp³-hybridized carbons (Fsp3) is 0.526. The largest absolute Gasteiger partial charge is 0.357 e. The van der Waals surface area contributed by atoms with Gasteiger partial charge in [-0.25, -0.2) is 0 Å². The number of hydrogen-bond acceptors (Lipinski definition) is 3. The topological polar surface area (TPSA) is 67.1 Å². The van der Waals surface area contributed by atoms with Gasteiger partial charge in [0.15, 0.2) is 5.96 Å². The van der Waals surface area contributed by atoms with E-state index < -0.39 is 0 Å². The van der Waals surface area contributed by atoms with Crippen LogP contribution in [0.15, 0.2) is 29.5 Å². The van der Waals surface area contributed by atoms with Crippen molar-refractivity contribution in [3.63, 3.8) is 0 Å². The van der Waals surface area contributed by atoms with E-state index >= 15 is 0 Å². The lowest BCUT2D eigenvalue weighted by atomic mass is 10.1. The van der Waals surface area contributed by atoms with Crippen molar-refractivity contribution in [2.75, 3.05) is 19.6 Å². The zero-order valence-corrected chi connectivity index (χ0v) is 18.6. The van der Waals surface area contributed by atoms with E-state index in [1.54, 1.807) is 6.33 Å². The van der Waals surface area contributed by atoms with Crippen LogP contribution in [0.5, 0.6) is 0 Å². The van der Waals surface area contributed by atoms with Gasteiger partial charge in [-0.05, 0) is 32.8 Å². The van der Waals surface area contributed by atoms with Crippen LogP contribution < -0.4 is 10.6 Å². The Morgan fingerprint density at radius 2 is 1.85 bits per heavy atom. The normalized spacial score (nSPS) is 11.2. The predicted octanol–water partition coefficient (Wildman–Crippen LogP) is 2.87. The van der Waals surface area contributed by atoms with Crippen LogP contribution in [0, 0.1) is 13.8 Å². The van der Waals surface area contributed by atoms with Gasteiger partial charge in [-0.1, -0.05) is 36.2 Å². The maximum atomic E-state index is 4.68. The molecule has 1 heterocycles. The Bertz CT molecular complexity index is 675. The second-order valence-corrected chi connectivity index (χ2v) is 6.23. The lowest BCUT2D eigenvalue weighted by Crippen LogP contribution is -2.39. The van der Waals surface area contributed by atoms with Crippen LogP contribution in [0.2, 0.25) is 0 Å². The molecule has 26 heavy (non-hydrogen) atoms. The summed E-state index contributed by atoms with van der Waals surface area (Å²) in [6.45, 7) is 11.7. The van der Waals surface area contributed by atoms with E-state index in [0.29, 0.717) is 0 Å². The number of aliphatic imine (C=N–C) groups is 1. The van der Waals surface area contributed by atoms with Gasteiger partial charge >= 0.3 is 0 Å². The fourth-order valence-corrected chi connectivity index (χ4v) is 2.89. The fourth-order valence-electron chi connectivity index (χ4n) is 2.89. The summed E-state index contributed by atoms with van der Waals surface area (Å²) in [6, 6.07) is 6.68. The van der Waals surface area contributed by atoms with Gasteiger partial charge in [0.25, 0.3) is 0 Å². The van der Waals surface area contributed by atoms with Crippen molar-refractivity contribution in [2.24, 2.45) is 4.99 Å². The van der Waals surface area contributed by atoms with Gasteiger partial charge in [-0.15, -0.1) is 34.2 Å². The maximum Gasteiger partial charge on any atom is 0.191 e. The zero-order chi connectivity index (χ0) is 18.1. The minimum absolute atomic E-state index is 0. The number of rotatable bonds is 8. The first-order valence-electron chi connectivity index (χ1n) is 9.08. The molecule has 0 atom stereocenters. The van der Waals surface area contributed by atoms with Gasteiger partial charge in [0.2, 0.25) is 0 Å². The third-order valence-corrected chi connectivity index (χ3v) is 3.95. The Balaban J connectivity index is 0.00000338. The molecule has 0 aliphatic heterocycles. The van der Waals surface area contributed by atoms with Crippen LogP contribution in [0.3, 0.4) is 0 Å². The summed E-state index contributed by atoms with van der Waals surface area (Å²) < 4.78 is 2.08. The number of nitrogens with one attached hydrogen (secondary N) is 2. The molecule has 0 unspecified atom stereocenters. The molecular weight excluding hydrogens is 439 g/mol. The van der Waals surface area contributed by atoms with Crippen molar-refractivity contribution in [3.05, 3.63) is 47.0 Å². The summed E-state index contributed by atoms with van der Waals surface area (Å²) in [4.78, 5) is 4.68. The van der Waals surface area contributed by atoms with Gasteiger partial charge < -0.3 is 15.2 Å². The third kappa shape index (κ3) is 7.31. The summed E-state index contributed by atoms with van der Waals surface area (Å²) in [5, 5.41) is 14.7. The molecule has 0 fully saturated rings. The molecule has 2 rings (SSSR count). The molecule has 0 spiro atoms. The summed E-state index contributed by atoms with van der Waals surface area (Å²) in [7, 11) is 0. The second kappa shape index (κ2) is 11.9. The average Bonchev–Trinajstić information content (AvgIpc) is 3.01. The number of aryl methyl sites for hydroxylation is 3. The lowest BCUT2D eigenvalue weighted by molar-refractivity contribution is 0.632. The van der Waals surface area contributed by atoms with Gasteiger partial charge in [-0.2, -0.15) is 0 Å². The molecule has 0 aliphatic rings. The van der Waals surface area contributed by atoms with E-state index in [2.05, 4.69) is 76.3 Å². The molecular formula is C19H31IN6. The smallest absolute Gasteiger partial charge is 0.191 e. The van der Waals surface area contributed by atoms with Gasteiger partial charge in [0.05, 0.1) is 0 Å². The summed E-state index contributed by atoms with van der Waals surface area (Å²) >= 11 is 0. The first-order valence-corrected chi connectivity index (χ1v) is 9.08. The Kier molecular flexibility index (Phi) is 10.2. The molecule has 1 aromatic carbocycles. The van der Waals surface area contributed by atoms with Crippen molar-refractivity contribution >= 4 is 29.9 Å². The molecule has 1 aromatic heterocycles. The molecule has 144 valence electrons. The van der Waals surface area contributed by atoms with Gasteiger partial charge in [-0.3, -0.25) is 4.99 Å². The van der Waals surface area contributed by atoms with E-state index in [9.17, 15) is 0 Å². The van der Waals surface area contributed by atoms with Crippen molar-refractivity contribution in [2.45, 2.75) is 47.1 Å². The standard InChI is InChI=1S/C19H30N6.HI/c1-5-18-24-23-14-25(18)10-9-22-19(20-6-2)21-8-7-17-12-15(3)11-16(4)13-17;/h11-14H,5-10H2,1-4H3,(H2,20,21,22);1H. The summed E-state index contributed by atoms with van der Waals surface area (Å²) in [5.74, 6) is 1.87. The SMILES string of the molecule is CCNC(=NCCc1cc(C)cc(C)c1)NCCn1cnnc1CC.I. The highest BCUT2D eigenvalue weighted by molar-refractivity contribution is 14.0. The Morgan fingerprint density at radius 3 is 2.50 bits per heavy atom. The van der Waals surface area contributed by atoms with E-state index in [1.807, 2.05) is 0 Å². The molecule has 7 heteroatoms. The van der Waals surface area contributed by atoms with Gasteiger partial charge in [0.1, 0.15) is 12.2 Å². The van der Waals surface area contributed by atoms with Crippen LogP contribution in [0.25, 0.3) is 0 Å². The second-order valence-electron chi connectivity index (χ2n) is 6.23. The lowest BCUT2D eigenvalue weighted by Gasteiger charge is -2.12. The van der Waals surface area contributed by atoms with Crippen molar-refractivity contribution in [3.8, 4) is 0 Å². The zero-order valence-electron chi connectivity index (χ0n) is 16.2. The molecule has 6 nitrogen and oxygen atoms in total.